The maximum absolute atomic E-state index is 13.4. The summed E-state index contributed by atoms with van der Waals surface area (Å²) in [6.07, 6.45) is 1.30. The second-order valence-corrected chi connectivity index (χ2v) is 6.13. The Morgan fingerprint density at radius 1 is 1.23 bits per heavy atom. The van der Waals surface area contributed by atoms with Crippen LogP contribution in [0.2, 0.25) is 0 Å². The van der Waals surface area contributed by atoms with Crippen LogP contribution in [0.5, 0.6) is 0 Å². The summed E-state index contributed by atoms with van der Waals surface area (Å²) in [5.41, 5.74) is 2.61. The van der Waals surface area contributed by atoms with Gasteiger partial charge in [0, 0.05) is 16.6 Å². The third kappa shape index (κ3) is 2.83. The number of nitrogens with zero attached hydrogens (tertiary/aromatic N) is 2. The van der Waals surface area contributed by atoms with E-state index in [9.17, 15) is 14.0 Å². The van der Waals surface area contributed by atoms with E-state index in [1.54, 1.807) is 18.2 Å². The van der Waals surface area contributed by atoms with Crippen LogP contribution in [-0.2, 0) is 11.3 Å². The number of amides is 1. The van der Waals surface area contributed by atoms with Gasteiger partial charge in [0.2, 0.25) is 5.91 Å². The van der Waals surface area contributed by atoms with Crippen molar-refractivity contribution in [2.45, 2.75) is 13.5 Å². The van der Waals surface area contributed by atoms with Gasteiger partial charge >= 0.3 is 0 Å². The molecule has 2 aromatic heterocycles. The average Bonchev–Trinajstić information content (AvgIpc) is 2.98. The van der Waals surface area contributed by atoms with Gasteiger partial charge < -0.3 is 10.3 Å². The minimum atomic E-state index is -0.401. The van der Waals surface area contributed by atoms with E-state index in [2.05, 4.69) is 15.3 Å². The van der Waals surface area contributed by atoms with Crippen LogP contribution in [0.4, 0.5) is 10.1 Å². The zero-order valence-corrected chi connectivity index (χ0v) is 13.9. The predicted octanol–water partition coefficient (Wildman–Crippen LogP) is 2.96. The number of nitrogens with one attached hydrogen (secondary N) is 2. The first-order valence-electron chi connectivity index (χ1n) is 8.04. The number of benzene rings is 2. The van der Waals surface area contributed by atoms with Crippen molar-refractivity contribution in [2.75, 3.05) is 5.32 Å². The summed E-state index contributed by atoms with van der Waals surface area (Å²) in [6.45, 7) is 1.79. The Hall–Kier alpha value is -3.48. The Labute approximate surface area is 147 Å². The second-order valence-electron chi connectivity index (χ2n) is 6.13. The Balaban J connectivity index is 1.65. The Morgan fingerprint density at radius 2 is 2.00 bits per heavy atom. The van der Waals surface area contributed by atoms with Crippen LogP contribution >= 0.6 is 0 Å². The number of anilines is 1. The highest BCUT2D eigenvalue weighted by Crippen LogP contribution is 2.22. The fraction of sp³-hybridized carbons (Fsp3) is 0.105. The molecule has 0 aliphatic carbocycles. The number of halogens is 1. The topological polar surface area (TPSA) is 79.8 Å². The van der Waals surface area contributed by atoms with Gasteiger partial charge in [-0.15, -0.1) is 0 Å². The van der Waals surface area contributed by atoms with Gasteiger partial charge in [-0.05, 0) is 37.3 Å². The molecule has 0 bridgehead atoms. The fourth-order valence-electron chi connectivity index (χ4n) is 2.87. The first-order chi connectivity index (χ1) is 12.5. The summed E-state index contributed by atoms with van der Waals surface area (Å²) < 4.78 is 14.7. The lowest BCUT2D eigenvalue weighted by atomic mass is 10.2. The van der Waals surface area contributed by atoms with Crippen LogP contribution < -0.4 is 10.9 Å². The number of aromatic amines is 1. The van der Waals surface area contributed by atoms with Crippen LogP contribution in [0, 0.1) is 12.7 Å². The lowest BCUT2D eigenvalue weighted by molar-refractivity contribution is -0.116. The minimum Gasteiger partial charge on any atom is -0.349 e. The number of rotatable bonds is 3. The van der Waals surface area contributed by atoms with E-state index in [-0.39, 0.29) is 23.5 Å². The first kappa shape index (κ1) is 16.0. The van der Waals surface area contributed by atoms with E-state index in [0.717, 1.165) is 5.56 Å². The SMILES string of the molecule is Cc1ccc(NC(=O)Cn2cnc3c([nH]c4ccc(F)cc43)c2=O)cc1. The lowest BCUT2D eigenvalue weighted by Crippen LogP contribution is -2.27. The molecule has 0 aliphatic rings. The number of aryl methyl sites for hydroxylation is 1. The summed E-state index contributed by atoms with van der Waals surface area (Å²) in [5, 5.41) is 3.28. The maximum Gasteiger partial charge on any atom is 0.278 e. The molecular formula is C19H15FN4O2. The lowest BCUT2D eigenvalue weighted by Gasteiger charge is -2.07. The van der Waals surface area contributed by atoms with E-state index in [4.69, 9.17) is 0 Å². The van der Waals surface area contributed by atoms with Crippen LogP contribution in [0.3, 0.4) is 0 Å². The molecule has 4 rings (SSSR count). The molecule has 0 saturated carbocycles. The highest BCUT2D eigenvalue weighted by Gasteiger charge is 2.13. The molecule has 2 heterocycles. The Morgan fingerprint density at radius 3 is 2.77 bits per heavy atom. The molecule has 7 heteroatoms. The Bertz CT molecular complexity index is 1190. The molecule has 4 aromatic rings. The molecule has 6 nitrogen and oxygen atoms in total. The Kier molecular flexibility index (Phi) is 3.76. The van der Waals surface area contributed by atoms with Crippen LogP contribution in [0.1, 0.15) is 5.56 Å². The molecule has 0 unspecified atom stereocenters. The molecular weight excluding hydrogens is 335 g/mol. The summed E-state index contributed by atoms with van der Waals surface area (Å²) in [5.74, 6) is -0.735. The van der Waals surface area contributed by atoms with Crippen molar-refractivity contribution >= 4 is 33.5 Å². The van der Waals surface area contributed by atoms with Gasteiger partial charge in [-0.25, -0.2) is 9.37 Å². The monoisotopic (exact) mass is 350 g/mol. The predicted molar refractivity (Wildman–Crippen MR) is 97.6 cm³/mol. The standard InChI is InChI=1S/C19H15FN4O2/c1-11-2-5-13(6-3-11)22-16(25)9-24-10-21-17-14-8-12(20)4-7-15(14)23-18(17)19(24)26/h2-8,10,23H,9H2,1H3,(H,22,25). The molecule has 0 fully saturated rings. The van der Waals surface area contributed by atoms with Gasteiger partial charge in [-0.1, -0.05) is 17.7 Å². The zero-order chi connectivity index (χ0) is 18.3. The largest absolute Gasteiger partial charge is 0.349 e. The maximum atomic E-state index is 13.4. The van der Waals surface area contributed by atoms with Crippen molar-refractivity contribution in [3.05, 3.63) is 70.5 Å². The molecule has 130 valence electrons. The van der Waals surface area contributed by atoms with Crippen molar-refractivity contribution < 1.29 is 9.18 Å². The van der Waals surface area contributed by atoms with E-state index >= 15 is 0 Å². The van der Waals surface area contributed by atoms with Crippen molar-refractivity contribution in [1.82, 2.24) is 14.5 Å². The highest BCUT2D eigenvalue weighted by molar-refractivity contribution is 6.04. The van der Waals surface area contributed by atoms with Crippen LogP contribution in [0.15, 0.2) is 53.6 Å². The zero-order valence-electron chi connectivity index (χ0n) is 13.9. The average molecular weight is 350 g/mol. The molecule has 2 aromatic carbocycles. The summed E-state index contributed by atoms with van der Waals surface area (Å²) in [4.78, 5) is 32.0. The number of hydrogen-bond donors (Lipinski definition) is 2. The van der Waals surface area contributed by atoms with Crippen molar-refractivity contribution in [3.63, 3.8) is 0 Å². The molecule has 1 amide bonds. The second kappa shape index (κ2) is 6.11. The highest BCUT2D eigenvalue weighted by atomic mass is 19.1. The van der Waals surface area contributed by atoms with E-state index in [0.29, 0.717) is 22.1 Å². The molecule has 0 aliphatic heterocycles. The quantitative estimate of drug-likeness (QED) is 0.596. The van der Waals surface area contributed by atoms with Gasteiger partial charge in [-0.3, -0.25) is 14.2 Å². The fourth-order valence-corrected chi connectivity index (χ4v) is 2.87. The van der Waals surface area contributed by atoms with Crippen LogP contribution in [-0.4, -0.2) is 20.4 Å². The van der Waals surface area contributed by atoms with E-state index in [1.807, 2.05) is 19.1 Å². The first-order valence-corrected chi connectivity index (χ1v) is 8.04. The molecule has 2 N–H and O–H groups in total. The third-order valence-electron chi connectivity index (χ3n) is 4.18. The normalized spacial score (nSPS) is 11.2. The van der Waals surface area contributed by atoms with E-state index in [1.165, 1.54) is 23.0 Å². The van der Waals surface area contributed by atoms with Gasteiger partial charge in [0.25, 0.3) is 5.56 Å². The molecule has 0 radical (unpaired) electrons. The molecule has 0 atom stereocenters. The number of carbonyl (C=O) groups excluding carboxylic acids is 1. The van der Waals surface area contributed by atoms with Crippen molar-refractivity contribution in [1.29, 1.82) is 0 Å². The number of fused-ring (bicyclic) bond motifs is 3. The number of carbonyl (C=O) groups is 1. The number of hydrogen-bond acceptors (Lipinski definition) is 3. The summed E-state index contributed by atoms with van der Waals surface area (Å²) in [7, 11) is 0. The minimum absolute atomic E-state index is 0.167. The number of aromatic nitrogens is 3. The molecule has 0 saturated heterocycles. The van der Waals surface area contributed by atoms with Crippen molar-refractivity contribution in [3.8, 4) is 0 Å². The van der Waals surface area contributed by atoms with Gasteiger partial charge in [0.15, 0.2) is 0 Å². The molecule has 26 heavy (non-hydrogen) atoms. The van der Waals surface area contributed by atoms with E-state index < -0.39 is 5.82 Å². The smallest absolute Gasteiger partial charge is 0.278 e. The third-order valence-corrected chi connectivity index (χ3v) is 4.18. The summed E-state index contributed by atoms with van der Waals surface area (Å²) >= 11 is 0. The van der Waals surface area contributed by atoms with Crippen LogP contribution in [0.25, 0.3) is 21.9 Å². The van der Waals surface area contributed by atoms with Crippen molar-refractivity contribution in [2.24, 2.45) is 0 Å². The summed E-state index contributed by atoms with van der Waals surface area (Å²) in [6, 6.07) is 11.6. The molecule has 0 spiro atoms. The van der Waals surface area contributed by atoms with Gasteiger partial charge in [0.05, 0.1) is 6.33 Å². The van der Waals surface area contributed by atoms with Gasteiger partial charge in [0.1, 0.15) is 23.4 Å². The van der Waals surface area contributed by atoms with Gasteiger partial charge in [-0.2, -0.15) is 0 Å². The number of H-pyrrole nitrogens is 1.